The maximum Gasteiger partial charge on any atom is 0.0381 e. The minimum atomic E-state index is -0.498. The summed E-state index contributed by atoms with van der Waals surface area (Å²) in [5.41, 5.74) is 0.367. The van der Waals surface area contributed by atoms with Gasteiger partial charge in [-0.1, -0.05) is 20.3 Å². The summed E-state index contributed by atoms with van der Waals surface area (Å²) in [4.78, 5) is 0. The van der Waals surface area contributed by atoms with Gasteiger partial charge in [-0.2, -0.15) is 0 Å². The first-order valence-corrected chi connectivity index (χ1v) is 5.87. The van der Waals surface area contributed by atoms with Crippen molar-refractivity contribution in [2.75, 3.05) is 5.75 Å². The van der Waals surface area contributed by atoms with Crippen molar-refractivity contribution < 1.29 is 4.21 Å². The Morgan fingerprint density at radius 1 is 1.36 bits per heavy atom. The molecule has 1 nitrogen and oxygen atoms in total. The fraction of sp³-hybridized carbons (Fsp3) is 1.00. The summed E-state index contributed by atoms with van der Waals surface area (Å²) in [5, 5.41) is 0.560. The van der Waals surface area contributed by atoms with E-state index >= 15 is 0 Å². The molecule has 1 aliphatic carbocycles. The summed E-state index contributed by atoms with van der Waals surface area (Å²) in [6.07, 6.45) is 3.86. The van der Waals surface area contributed by atoms with Crippen molar-refractivity contribution in [2.24, 2.45) is 11.3 Å². The predicted molar refractivity (Wildman–Crippen MR) is 47.9 cm³/mol. The van der Waals surface area contributed by atoms with Crippen molar-refractivity contribution in [1.29, 1.82) is 0 Å². The molecular weight excluding hydrogens is 156 g/mol. The maximum absolute atomic E-state index is 11.6. The van der Waals surface area contributed by atoms with Crippen LogP contribution in [0.5, 0.6) is 0 Å². The quantitative estimate of drug-likeness (QED) is 0.546. The molecule has 11 heavy (non-hydrogen) atoms. The van der Waals surface area contributed by atoms with E-state index in [-0.39, 0.29) is 0 Å². The van der Waals surface area contributed by atoms with Gasteiger partial charge in [0.15, 0.2) is 0 Å². The third kappa shape index (κ3) is 1.07. The number of fused-ring (bicyclic) bond motifs is 1. The number of hydrogen-bond acceptors (Lipinski definition) is 1. The highest BCUT2D eigenvalue weighted by Gasteiger charge is 2.48. The summed E-state index contributed by atoms with van der Waals surface area (Å²) in [7, 11) is -0.498. The normalized spacial score (nSPS) is 47.6. The summed E-state index contributed by atoms with van der Waals surface area (Å²) in [5.74, 6) is 1.71. The molecule has 0 bridgehead atoms. The first kappa shape index (κ1) is 7.78. The van der Waals surface area contributed by atoms with Crippen LogP contribution in [0.4, 0.5) is 0 Å². The van der Waals surface area contributed by atoms with Crippen LogP contribution in [0, 0.1) is 11.3 Å². The van der Waals surface area contributed by atoms with Gasteiger partial charge in [0.25, 0.3) is 0 Å². The van der Waals surface area contributed by atoms with Gasteiger partial charge in [0.05, 0.1) is 0 Å². The van der Waals surface area contributed by atoms with Gasteiger partial charge in [0, 0.05) is 21.8 Å². The Kier molecular flexibility index (Phi) is 1.64. The Labute approximate surface area is 71.0 Å². The van der Waals surface area contributed by atoms with Gasteiger partial charge in [-0.15, -0.1) is 0 Å². The monoisotopic (exact) mass is 172 g/mol. The summed E-state index contributed by atoms with van der Waals surface area (Å²) >= 11 is 0. The second kappa shape index (κ2) is 2.32. The van der Waals surface area contributed by atoms with Crippen molar-refractivity contribution in [1.82, 2.24) is 0 Å². The van der Waals surface area contributed by atoms with Crippen LogP contribution >= 0.6 is 0 Å². The second-order valence-corrected chi connectivity index (χ2v) is 6.25. The molecule has 1 saturated carbocycles. The van der Waals surface area contributed by atoms with Gasteiger partial charge in [-0.05, 0) is 24.2 Å². The first-order chi connectivity index (χ1) is 5.11. The van der Waals surface area contributed by atoms with E-state index in [1.54, 1.807) is 0 Å². The van der Waals surface area contributed by atoms with Crippen LogP contribution in [0.15, 0.2) is 0 Å². The molecule has 1 aliphatic heterocycles. The van der Waals surface area contributed by atoms with Gasteiger partial charge in [0.1, 0.15) is 0 Å². The minimum Gasteiger partial charge on any atom is -0.259 e. The molecule has 64 valence electrons. The first-order valence-electron chi connectivity index (χ1n) is 4.48. The van der Waals surface area contributed by atoms with Gasteiger partial charge in [-0.3, -0.25) is 4.21 Å². The molecule has 0 N–H and O–H groups in total. The Balaban J connectivity index is 2.27. The lowest BCUT2D eigenvalue weighted by Crippen LogP contribution is -2.22. The molecule has 0 aromatic heterocycles. The molecule has 2 rings (SSSR count). The van der Waals surface area contributed by atoms with Crippen LogP contribution in [-0.4, -0.2) is 15.2 Å². The van der Waals surface area contributed by atoms with Crippen LogP contribution in [0.1, 0.15) is 33.1 Å². The molecule has 2 aliphatic rings. The molecule has 3 atom stereocenters. The lowest BCUT2D eigenvalue weighted by Gasteiger charge is -2.23. The smallest absolute Gasteiger partial charge is 0.0381 e. The van der Waals surface area contributed by atoms with Gasteiger partial charge in [0.2, 0.25) is 0 Å². The Morgan fingerprint density at radius 2 is 2.09 bits per heavy atom. The zero-order valence-corrected chi connectivity index (χ0v) is 8.12. The minimum absolute atomic E-state index is 0.367. The second-order valence-electron chi connectivity index (χ2n) is 4.59. The van der Waals surface area contributed by atoms with Crippen LogP contribution in [0.3, 0.4) is 0 Å². The standard InChI is InChI=1S/C9H16OS/c1-9(2)6-11(10)8-5-3-4-7(8)9/h7-8H,3-6H2,1-2H3. The predicted octanol–water partition coefficient (Wildman–Crippen LogP) is 1.94. The molecule has 2 heteroatoms. The van der Waals surface area contributed by atoms with Crippen molar-refractivity contribution in [3.8, 4) is 0 Å². The molecule has 0 aromatic rings. The van der Waals surface area contributed by atoms with E-state index in [2.05, 4.69) is 13.8 Å². The van der Waals surface area contributed by atoms with Crippen LogP contribution < -0.4 is 0 Å². The Bertz CT molecular complexity index is 198. The molecule has 0 amide bonds. The lowest BCUT2D eigenvalue weighted by molar-refractivity contribution is 0.277. The fourth-order valence-corrected chi connectivity index (χ4v) is 5.18. The largest absolute Gasteiger partial charge is 0.259 e. The average Bonchev–Trinajstić information content (AvgIpc) is 2.37. The zero-order valence-electron chi connectivity index (χ0n) is 7.30. The van der Waals surface area contributed by atoms with E-state index in [1.165, 1.54) is 19.3 Å². The van der Waals surface area contributed by atoms with Crippen LogP contribution in [0.25, 0.3) is 0 Å². The highest BCUT2D eigenvalue weighted by atomic mass is 32.2. The highest BCUT2D eigenvalue weighted by molar-refractivity contribution is 7.86. The molecule has 0 radical (unpaired) electrons. The summed E-state index contributed by atoms with van der Waals surface area (Å²) < 4.78 is 11.6. The number of hydrogen-bond donors (Lipinski definition) is 0. The third-order valence-corrected chi connectivity index (χ3v) is 5.58. The molecule has 0 aromatic carbocycles. The van der Waals surface area contributed by atoms with E-state index in [9.17, 15) is 4.21 Å². The third-order valence-electron chi connectivity index (χ3n) is 3.31. The SMILES string of the molecule is CC1(C)CS(=O)C2CCCC21. The van der Waals surface area contributed by atoms with Crippen molar-refractivity contribution in [2.45, 2.75) is 38.4 Å². The zero-order chi connectivity index (χ0) is 8.06. The van der Waals surface area contributed by atoms with E-state index in [0.717, 1.165) is 11.7 Å². The van der Waals surface area contributed by atoms with E-state index in [0.29, 0.717) is 10.7 Å². The summed E-state index contributed by atoms with van der Waals surface area (Å²) in [6, 6.07) is 0. The van der Waals surface area contributed by atoms with E-state index in [1.807, 2.05) is 0 Å². The van der Waals surface area contributed by atoms with Gasteiger partial charge in [-0.25, -0.2) is 0 Å². The molecule has 2 fully saturated rings. The van der Waals surface area contributed by atoms with Crippen molar-refractivity contribution in [3.63, 3.8) is 0 Å². The molecule has 3 unspecified atom stereocenters. The molecule has 1 saturated heterocycles. The molecule has 0 spiro atoms. The lowest BCUT2D eigenvalue weighted by atomic mass is 9.80. The molecular formula is C9H16OS. The van der Waals surface area contributed by atoms with Crippen LogP contribution in [0.2, 0.25) is 0 Å². The Morgan fingerprint density at radius 3 is 2.73 bits per heavy atom. The van der Waals surface area contributed by atoms with E-state index < -0.39 is 10.8 Å². The van der Waals surface area contributed by atoms with E-state index in [4.69, 9.17) is 0 Å². The Hall–Kier alpha value is 0.150. The average molecular weight is 172 g/mol. The number of rotatable bonds is 0. The highest BCUT2D eigenvalue weighted by Crippen LogP contribution is 2.48. The topological polar surface area (TPSA) is 17.1 Å². The molecule has 1 heterocycles. The van der Waals surface area contributed by atoms with Crippen molar-refractivity contribution in [3.05, 3.63) is 0 Å². The fourth-order valence-electron chi connectivity index (χ4n) is 2.72. The maximum atomic E-state index is 11.6. The van der Waals surface area contributed by atoms with Crippen molar-refractivity contribution >= 4 is 10.8 Å². The van der Waals surface area contributed by atoms with Gasteiger partial charge >= 0.3 is 0 Å². The summed E-state index contributed by atoms with van der Waals surface area (Å²) in [6.45, 7) is 4.56. The van der Waals surface area contributed by atoms with Crippen LogP contribution in [-0.2, 0) is 10.8 Å². The van der Waals surface area contributed by atoms with Gasteiger partial charge < -0.3 is 0 Å².